The van der Waals surface area contributed by atoms with Crippen LogP contribution in [0.5, 0.6) is 0 Å². The number of nitrogens with one attached hydrogen (secondary N) is 2. The van der Waals surface area contributed by atoms with E-state index in [1.807, 2.05) is 74.5 Å². The molecule has 0 aliphatic rings. The maximum Gasteiger partial charge on any atom is 0.200 e. The Labute approximate surface area is 225 Å². The van der Waals surface area contributed by atoms with Gasteiger partial charge < -0.3 is 0 Å². The zero-order chi connectivity index (χ0) is 25.6. The van der Waals surface area contributed by atoms with E-state index in [9.17, 15) is 0 Å². The summed E-state index contributed by atoms with van der Waals surface area (Å²) in [5.74, 6) is 1.18. The maximum atomic E-state index is 5.64. The topological polar surface area (TPSA) is 97.9 Å². The molecule has 0 bridgehead atoms. The minimum absolute atomic E-state index is 0.472. The highest BCUT2D eigenvalue weighted by molar-refractivity contribution is 7.71. The van der Waals surface area contributed by atoms with Gasteiger partial charge in [0, 0.05) is 6.54 Å². The van der Waals surface area contributed by atoms with Crippen LogP contribution in [0.25, 0.3) is 34.4 Å². The lowest BCUT2D eigenvalue weighted by Gasteiger charge is -2.11. The number of para-hydroxylation sites is 2. The third-order valence-corrected chi connectivity index (χ3v) is 6.80. The number of unbranched alkanes of at least 4 members (excludes halogenated alkanes) is 5. The lowest BCUT2D eigenvalue weighted by Crippen LogP contribution is -2.08. The van der Waals surface area contributed by atoms with Crippen LogP contribution in [-0.4, -0.2) is 44.5 Å². The van der Waals surface area contributed by atoms with Gasteiger partial charge in [-0.05, 0) is 55.1 Å². The summed E-state index contributed by atoms with van der Waals surface area (Å²) in [6, 6.07) is 19.8. The van der Waals surface area contributed by atoms with Crippen LogP contribution >= 0.6 is 24.4 Å². The van der Waals surface area contributed by atoms with Gasteiger partial charge in [0.15, 0.2) is 26.9 Å². The Morgan fingerprint density at radius 1 is 0.703 bits per heavy atom. The van der Waals surface area contributed by atoms with Gasteiger partial charge in [-0.1, -0.05) is 80.6 Å². The first kappa shape index (κ1) is 25.0. The van der Waals surface area contributed by atoms with Crippen molar-refractivity contribution in [3.05, 3.63) is 70.2 Å². The molecule has 0 saturated heterocycles. The van der Waals surface area contributed by atoms with Gasteiger partial charge >= 0.3 is 0 Å². The molecular weight excluding hydrogens is 502 g/mol. The molecule has 0 amide bonds. The summed E-state index contributed by atoms with van der Waals surface area (Å²) in [5.41, 5.74) is 3.09. The zero-order valence-electron chi connectivity index (χ0n) is 20.7. The Morgan fingerprint density at radius 2 is 1.24 bits per heavy atom. The maximum absolute atomic E-state index is 5.64. The zero-order valence-corrected chi connectivity index (χ0v) is 22.3. The Kier molecular flexibility index (Phi) is 7.81. The van der Waals surface area contributed by atoms with E-state index in [0.29, 0.717) is 33.4 Å². The smallest absolute Gasteiger partial charge is 0.200 e. The van der Waals surface area contributed by atoms with Crippen molar-refractivity contribution in [2.24, 2.45) is 0 Å². The van der Waals surface area contributed by atoms with E-state index in [4.69, 9.17) is 24.4 Å². The highest BCUT2D eigenvalue weighted by Gasteiger charge is 2.26. The van der Waals surface area contributed by atoms with Gasteiger partial charge in [-0.25, -0.2) is 4.68 Å². The first-order chi connectivity index (χ1) is 18.2. The molecule has 9 nitrogen and oxygen atoms in total. The average Bonchev–Trinajstić information content (AvgIpc) is 3.63. The van der Waals surface area contributed by atoms with Crippen LogP contribution in [0.1, 0.15) is 45.4 Å². The Hall–Kier alpha value is -3.70. The monoisotopic (exact) mass is 531 g/mol. The summed E-state index contributed by atoms with van der Waals surface area (Å²) in [6.45, 7) is 2.94. The summed E-state index contributed by atoms with van der Waals surface area (Å²) in [5, 5.41) is 24.2. The van der Waals surface area contributed by atoms with Gasteiger partial charge in [-0.15, -0.1) is 5.10 Å². The van der Waals surface area contributed by atoms with Gasteiger partial charge in [0.25, 0.3) is 0 Å². The summed E-state index contributed by atoms with van der Waals surface area (Å²) < 4.78 is 6.64. The van der Waals surface area contributed by atoms with Gasteiger partial charge in [0.1, 0.15) is 5.69 Å². The number of hydrogen-bond donors (Lipinski definition) is 2. The van der Waals surface area contributed by atoms with Gasteiger partial charge in [-0.3, -0.25) is 19.3 Å². The van der Waals surface area contributed by atoms with Crippen molar-refractivity contribution in [2.75, 3.05) is 0 Å². The molecule has 0 aliphatic carbocycles. The van der Waals surface area contributed by atoms with Crippen molar-refractivity contribution < 1.29 is 0 Å². The van der Waals surface area contributed by atoms with E-state index in [2.05, 4.69) is 37.6 Å². The van der Waals surface area contributed by atoms with E-state index < -0.39 is 0 Å². The van der Waals surface area contributed by atoms with Crippen LogP contribution in [0, 0.1) is 9.54 Å². The number of H-pyrrole nitrogens is 2. The molecule has 0 aliphatic heterocycles. The van der Waals surface area contributed by atoms with Crippen molar-refractivity contribution in [3.63, 3.8) is 0 Å². The summed E-state index contributed by atoms with van der Waals surface area (Å²) in [7, 11) is 0. The molecular formula is C26H29N9S2. The van der Waals surface area contributed by atoms with Gasteiger partial charge in [0.2, 0.25) is 0 Å². The van der Waals surface area contributed by atoms with Gasteiger partial charge in [0.05, 0.1) is 11.4 Å². The Bertz CT molecular complexity index is 1560. The Balaban J connectivity index is 1.62. The number of aryl methyl sites for hydroxylation is 1. The molecule has 5 aromatic rings. The number of hydrogen-bond acceptors (Lipinski definition) is 6. The number of rotatable bonds is 11. The van der Waals surface area contributed by atoms with Crippen LogP contribution in [0.4, 0.5) is 0 Å². The van der Waals surface area contributed by atoms with E-state index in [1.165, 1.54) is 25.7 Å². The fourth-order valence-electron chi connectivity index (χ4n) is 4.43. The molecule has 0 fully saturated rings. The van der Waals surface area contributed by atoms with Crippen molar-refractivity contribution in [3.8, 4) is 34.4 Å². The minimum Gasteiger partial charge on any atom is -0.267 e. The quantitative estimate of drug-likeness (QED) is 0.150. The predicted octanol–water partition coefficient (Wildman–Crippen LogP) is 6.46. The molecule has 190 valence electrons. The van der Waals surface area contributed by atoms with Crippen LogP contribution < -0.4 is 0 Å². The predicted molar refractivity (Wildman–Crippen MR) is 149 cm³/mol. The number of aromatic amines is 2. The second-order valence-corrected chi connectivity index (χ2v) is 9.60. The molecule has 0 spiro atoms. The molecule has 37 heavy (non-hydrogen) atoms. The van der Waals surface area contributed by atoms with Crippen LogP contribution in [0.15, 0.2) is 60.7 Å². The fourth-order valence-corrected chi connectivity index (χ4v) is 4.90. The second-order valence-electron chi connectivity index (χ2n) is 8.82. The lowest BCUT2D eigenvalue weighted by molar-refractivity contribution is 0.518. The second kappa shape index (κ2) is 11.6. The summed E-state index contributed by atoms with van der Waals surface area (Å²) in [4.78, 5) is 0. The highest BCUT2D eigenvalue weighted by atomic mass is 32.1. The standard InChI is InChI=1S/C26H29N9S2/c1-2-3-4-5-6-13-18-33-22(24-29-31-26(37)35(24)20-16-11-8-12-17-20)21(27-32-33)23-28-30-25(36)34(23)19-14-9-7-10-15-19/h7-12,14-17H,2-6,13,18H2,1H3,(H,30,36)(H,31,37). The van der Waals surface area contributed by atoms with Crippen molar-refractivity contribution in [1.82, 2.24) is 44.5 Å². The number of aromatic nitrogens is 9. The molecule has 0 atom stereocenters. The van der Waals surface area contributed by atoms with Crippen LogP contribution in [-0.2, 0) is 6.54 Å². The minimum atomic E-state index is 0.472. The van der Waals surface area contributed by atoms with Crippen molar-refractivity contribution in [2.45, 2.75) is 52.0 Å². The molecule has 0 radical (unpaired) electrons. The van der Waals surface area contributed by atoms with Crippen LogP contribution in [0.2, 0.25) is 0 Å². The number of nitrogens with zero attached hydrogens (tertiary/aromatic N) is 7. The molecule has 3 aromatic heterocycles. The normalized spacial score (nSPS) is 11.3. The van der Waals surface area contributed by atoms with Crippen molar-refractivity contribution >= 4 is 24.4 Å². The highest BCUT2D eigenvalue weighted by Crippen LogP contribution is 2.31. The fraction of sp³-hybridized carbons (Fsp3) is 0.308. The molecule has 2 aromatic carbocycles. The molecule has 3 heterocycles. The molecule has 2 N–H and O–H groups in total. The van der Waals surface area contributed by atoms with E-state index >= 15 is 0 Å². The SMILES string of the molecule is CCCCCCCCn1nnc(-c2n[nH]c(=S)n2-c2ccccc2)c1-c1n[nH]c(=S)n1-c1ccccc1. The molecule has 0 unspecified atom stereocenters. The third kappa shape index (κ3) is 5.23. The summed E-state index contributed by atoms with van der Waals surface area (Å²) >= 11 is 11.2. The lowest BCUT2D eigenvalue weighted by atomic mass is 10.1. The molecule has 5 rings (SSSR count). The number of benzene rings is 2. The molecule has 0 saturated carbocycles. The van der Waals surface area contributed by atoms with Gasteiger partial charge in [-0.2, -0.15) is 10.2 Å². The first-order valence-electron chi connectivity index (χ1n) is 12.6. The third-order valence-electron chi connectivity index (χ3n) is 6.26. The first-order valence-corrected chi connectivity index (χ1v) is 13.4. The Morgan fingerprint density at radius 3 is 1.86 bits per heavy atom. The average molecular weight is 532 g/mol. The summed E-state index contributed by atoms with van der Waals surface area (Å²) in [6.07, 6.45) is 7.08. The van der Waals surface area contributed by atoms with E-state index in [1.54, 1.807) is 0 Å². The largest absolute Gasteiger partial charge is 0.267 e. The van der Waals surface area contributed by atoms with E-state index in [0.717, 1.165) is 29.9 Å². The molecule has 11 heteroatoms. The van der Waals surface area contributed by atoms with E-state index in [-0.39, 0.29) is 0 Å². The van der Waals surface area contributed by atoms with Crippen LogP contribution in [0.3, 0.4) is 0 Å². The van der Waals surface area contributed by atoms with Crippen molar-refractivity contribution in [1.29, 1.82) is 0 Å².